The Bertz CT molecular complexity index is 688. The maximum atomic E-state index is 12.1. The van der Waals surface area contributed by atoms with Crippen LogP contribution in [0.2, 0.25) is 0 Å². The number of amides is 1. The summed E-state index contributed by atoms with van der Waals surface area (Å²) >= 11 is 0. The summed E-state index contributed by atoms with van der Waals surface area (Å²) in [6, 6.07) is 18.7. The molecule has 0 heterocycles. The van der Waals surface area contributed by atoms with Crippen LogP contribution in [-0.2, 0) is 22.7 Å². The number of alkyl carbamates (subject to hydrolysis) is 1. The van der Waals surface area contributed by atoms with Gasteiger partial charge in [-0.15, -0.1) is 0 Å². The molecule has 5 nitrogen and oxygen atoms in total. The molecule has 0 fully saturated rings. The minimum Gasteiger partial charge on any atom is -0.445 e. The Kier molecular flexibility index (Phi) is 7.82. The van der Waals surface area contributed by atoms with Gasteiger partial charge >= 0.3 is 6.09 Å². The monoisotopic (exact) mass is 371 g/mol. The lowest BCUT2D eigenvalue weighted by Crippen LogP contribution is -2.56. The van der Waals surface area contributed by atoms with Crippen LogP contribution < -0.4 is 5.32 Å². The molecule has 0 spiro atoms. The Morgan fingerprint density at radius 2 is 1.56 bits per heavy atom. The van der Waals surface area contributed by atoms with E-state index in [2.05, 4.69) is 5.32 Å². The fraction of sp³-hybridized carbons (Fsp3) is 0.409. The molecule has 0 saturated heterocycles. The maximum absolute atomic E-state index is 12.1. The lowest BCUT2D eigenvalue weighted by molar-refractivity contribution is -0.120. The number of carbonyl (C=O) groups excluding carboxylic acids is 1. The van der Waals surface area contributed by atoms with Crippen LogP contribution in [0.15, 0.2) is 60.7 Å². The predicted octanol–water partition coefficient (Wildman–Crippen LogP) is 4.05. The van der Waals surface area contributed by atoms with Crippen LogP contribution in [-0.4, -0.2) is 28.9 Å². The topological polar surface area (TPSA) is 67.8 Å². The van der Waals surface area contributed by atoms with Gasteiger partial charge in [-0.2, -0.15) is 0 Å². The van der Waals surface area contributed by atoms with Crippen molar-refractivity contribution in [1.29, 1.82) is 0 Å². The van der Waals surface area contributed by atoms with Crippen LogP contribution in [0, 0.1) is 0 Å². The van der Waals surface area contributed by atoms with E-state index in [1.54, 1.807) is 13.8 Å². The molecule has 2 N–H and O–H groups in total. The zero-order valence-electron chi connectivity index (χ0n) is 16.2. The summed E-state index contributed by atoms with van der Waals surface area (Å²) in [6.45, 7) is 5.96. The first-order chi connectivity index (χ1) is 12.9. The lowest BCUT2D eigenvalue weighted by Gasteiger charge is -2.37. The fourth-order valence-corrected chi connectivity index (χ4v) is 2.84. The van der Waals surface area contributed by atoms with Crippen molar-refractivity contribution in [3.05, 3.63) is 71.8 Å². The Hall–Kier alpha value is -2.37. The van der Waals surface area contributed by atoms with Crippen molar-refractivity contribution in [2.45, 2.75) is 58.2 Å². The number of rotatable bonds is 9. The number of carbonyl (C=O) groups is 1. The van der Waals surface area contributed by atoms with Gasteiger partial charge in [0.15, 0.2) is 0 Å². The number of aliphatic hydroxyl groups is 1. The number of hydrogen-bond donors (Lipinski definition) is 2. The normalized spacial score (nSPS) is 15.4. The maximum Gasteiger partial charge on any atom is 0.407 e. The van der Waals surface area contributed by atoms with E-state index in [1.165, 1.54) is 0 Å². The summed E-state index contributed by atoms with van der Waals surface area (Å²) in [4.78, 5) is 12.1. The second-order valence-electron chi connectivity index (χ2n) is 6.85. The van der Waals surface area contributed by atoms with Gasteiger partial charge in [-0.05, 0) is 31.4 Å². The number of benzene rings is 2. The third-order valence-electron chi connectivity index (χ3n) is 4.74. The number of nitrogens with one attached hydrogen (secondary N) is 1. The van der Waals surface area contributed by atoms with Crippen LogP contribution >= 0.6 is 0 Å². The molecule has 2 aromatic rings. The average molecular weight is 371 g/mol. The Labute approximate surface area is 161 Å². The van der Waals surface area contributed by atoms with E-state index in [0.29, 0.717) is 13.0 Å². The first-order valence-electron chi connectivity index (χ1n) is 9.28. The average Bonchev–Trinajstić information content (AvgIpc) is 2.68. The molecule has 0 saturated carbocycles. The summed E-state index contributed by atoms with van der Waals surface area (Å²) < 4.78 is 11.2. The number of ether oxygens (including phenoxy) is 2. The summed E-state index contributed by atoms with van der Waals surface area (Å²) in [5.41, 5.74) is 0.703. The third-order valence-corrected chi connectivity index (χ3v) is 4.74. The van der Waals surface area contributed by atoms with E-state index >= 15 is 0 Å². The first-order valence-corrected chi connectivity index (χ1v) is 9.28. The molecule has 2 aromatic carbocycles. The van der Waals surface area contributed by atoms with Crippen LogP contribution in [0.25, 0.3) is 0 Å². The quantitative estimate of drug-likeness (QED) is 0.698. The van der Waals surface area contributed by atoms with Crippen LogP contribution in [0.1, 0.15) is 38.3 Å². The molecule has 0 aromatic heterocycles. The van der Waals surface area contributed by atoms with Gasteiger partial charge in [0, 0.05) is 0 Å². The number of hydrogen-bond acceptors (Lipinski definition) is 4. The summed E-state index contributed by atoms with van der Waals surface area (Å²) in [7, 11) is 0. The molecule has 0 aliphatic carbocycles. The Morgan fingerprint density at radius 1 is 1.04 bits per heavy atom. The summed E-state index contributed by atoms with van der Waals surface area (Å²) in [5, 5.41) is 13.7. The summed E-state index contributed by atoms with van der Waals surface area (Å²) in [6.07, 6.45) is -0.378. The van der Waals surface area contributed by atoms with Gasteiger partial charge < -0.3 is 19.9 Å². The molecule has 27 heavy (non-hydrogen) atoms. The van der Waals surface area contributed by atoms with Crippen LogP contribution in [0.5, 0.6) is 0 Å². The zero-order valence-corrected chi connectivity index (χ0v) is 16.2. The van der Waals surface area contributed by atoms with Crippen molar-refractivity contribution in [2.24, 2.45) is 0 Å². The molecule has 0 aliphatic rings. The molecule has 0 bridgehead atoms. The van der Waals surface area contributed by atoms with E-state index < -0.39 is 23.8 Å². The van der Waals surface area contributed by atoms with E-state index in [9.17, 15) is 9.90 Å². The smallest absolute Gasteiger partial charge is 0.407 e. The standard InChI is InChI=1S/C22H29NO4/c1-4-20(26-15-18-11-7-5-8-12-18)22(3,25)17(2)23-21(24)27-16-19-13-9-6-10-14-19/h5-14,17,20,25H,4,15-16H2,1-3H3,(H,23,24)/t17-,20+,22+/m0/s1. The SMILES string of the molecule is CC[C@@H](OCc1ccccc1)[C@](C)(O)[C@H](C)NC(=O)OCc1ccccc1. The van der Waals surface area contributed by atoms with Crippen molar-refractivity contribution in [3.63, 3.8) is 0 Å². The molecule has 2 rings (SSSR count). The fourth-order valence-electron chi connectivity index (χ4n) is 2.84. The van der Waals surface area contributed by atoms with Gasteiger partial charge in [-0.3, -0.25) is 0 Å². The first kappa shape index (κ1) is 20.9. The van der Waals surface area contributed by atoms with Gasteiger partial charge in [0.05, 0.1) is 18.8 Å². The van der Waals surface area contributed by atoms with E-state index in [0.717, 1.165) is 11.1 Å². The van der Waals surface area contributed by atoms with Gasteiger partial charge in [-0.1, -0.05) is 67.6 Å². The minimum absolute atomic E-state index is 0.184. The highest BCUT2D eigenvalue weighted by Gasteiger charge is 2.38. The van der Waals surface area contributed by atoms with Crippen LogP contribution in [0.4, 0.5) is 4.79 Å². The van der Waals surface area contributed by atoms with Crippen molar-refractivity contribution >= 4 is 6.09 Å². The van der Waals surface area contributed by atoms with Crippen molar-refractivity contribution < 1.29 is 19.4 Å². The minimum atomic E-state index is -1.24. The molecule has 5 heteroatoms. The molecule has 0 aliphatic heterocycles. The summed E-state index contributed by atoms with van der Waals surface area (Å²) in [5.74, 6) is 0. The Morgan fingerprint density at radius 3 is 2.07 bits per heavy atom. The third kappa shape index (κ3) is 6.38. The van der Waals surface area contributed by atoms with Gasteiger partial charge in [0.25, 0.3) is 0 Å². The van der Waals surface area contributed by atoms with Crippen LogP contribution in [0.3, 0.4) is 0 Å². The van der Waals surface area contributed by atoms with Gasteiger partial charge in [0.2, 0.25) is 0 Å². The van der Waals surface area contributed by atoms with E-state index in [-0.39, 0.29) is 6.61 Å². The van der Waals surface area contributed by atoms with E-state index in [1.807, 2.05) is 67.6 Å². The highest BCUT2D eigenvalue weighted by molar-refractivity contribution is 5.67. The molecule has 146 valence electrons. The second-order valence-corrected chi connectivity index (χ2v) is 6.85. The highest BCUT2D eigenvalue weighted by Crippen LogP contribution is 2.22. The highest BCUT2D eigenvalue weighted by atomic mass is 16.5. The van der Waals surface area contributed by atoms with Crippen molar-refractivity contribution in [1.82, 2.24) is 5.32 Å². The van der Waals surface area contributed by atoms with Gasteiger partial charge in [0.1, 0.15) is 12.2 Å². The largest absolute Gasteiger partial charge is 0.445 e. The molecule has 3 atom stereocenters. The molecular formula is C22H29NO4. The molecule has 1 amide bonds. The Balaban J connectivity index is 1.87. The zero-order chi connectivity index (χ0) is 19.7. The van der Waals surface area contributed by atoms with E-state index in [4.69, 9.17) is 9.47 Å². The second kappa shape index (κ2) is 10.1. The predicted molar refractivity (Wildman–Crippen MR) is 105 cm³/mol. The van der Waals surface area contributed by atoms with Crippen molar-refractivity contribution in [3.8, 4) is 0 Å². The lowest BCUT2D eigenvalue weighted by atomic mass is 9.89. The molecule has 0 unspecified atom stereocenters. The molecular weight excluding hydrogens is 342 g/mol. The van der Waals surface area contributed by atoms with Gasteiger partial charge in [-0.25, -0.2) is 4.79 Å². The van der Waals surface area contributed by atoms with Crippen molar-refractivity contribution in [2.75, 3.05) is 0 Å². The molecule has 0 radical (unpaired) electrons.